The largest absolute Gasteiger partial charge is 0.493 e. The van der Waals surface area contributed by atoms with Crippen LogP contribution in [-0.4, -0.2) is 85.9 Å². The molecule has 2 aromatic rings. The number of fused-ring (bicyclic) bond motifs is 6. The highest BCUT2D eigenvalue weighted by Gasteiger charge is 2.62. The Bertz CT molecular complexity index is 1870. The topological polar surface area (TPSA) is 169 Å². The Morgan fingerprint density at radius 3 is 2.42 bits per heavy atom. The first-order chi connectivity index (χ1) is 24.6. The van der Waals surface area contributed by atoms with Gasteiger partial charge < -0.3 is 29.7 Å². The number of carbonyl (C=O) groups is 4. The predicted molar refractivity (Wildman–Crippen MR) is 191 cm³/mol. The molecule has 52 heavy (non-hydrogen) atoms. The van der Waals surface area contributed by atoms with Crippen LogP contribution < -0.4 is 24.8 Å². The third-order valence-corrected chi connectivity index (χ3v) is 12.9. The number of ether oxygens (including phenoxy) is 3. The summed E-state index contributed by atoms with van der Waals surface area (Å²) in [6.45, 7) is 7.83. The number of nitrogens with zero attached hydrogens (tertiary/aromatic N) is 1. The number of para-hydroxylation sites is 1. The third-order valence-electron chi connectivity index (χ3n) is 11.1. The average molecular weight is 737 g/mol. The molecule has 2 aromatic carbocycles. The third kappa shape index (κ3) is 7.31. The fourth-order valence-electron chi connectivity index (χ4n) is 7.35. The molecule has 1 spiro atoms. The maximum Gasteiger partial charge on any atom is 0.407 e. The fraction of sp³-hybridized carbons (Fsp3) is 0.579. The Balaban J connectivity index is 1.21. The smallest absolute Gasteiger partial charge is 0.407 e. The molecule has 5 aliphatic rings. The summed E-state index contributed by atoms with van der Waals surface area (Å²) in [6.07, 6.45) is 2.15. The molecule has 4 bridgehead atoms. The van der Waals surface area contributed by atoms with Gasteiger partial charge in [0.15, 0.2) is 0 Å². The van der Waals surface area contributed by atoms with Crippen LogP contribution in [0.15, 0.2) is 48.5 Å². The van der Waals surface area contributed by atoms with Crippen molar-refractivity contribution in [2.45, 2.75) is 102 Å². The Kier molecular flexibility index (Phi) is 9.19. The summed E-state index contributed by atoms with van der Waals surface area (Å²) in [5, 5.41) is 5.06. The lowest BCUT2D eigenvalue weighted by Crippen LogP contribution is -2.60. The number of alkyl carbamates (subject to hydrolysis) is 1. The molecule has 4 amide bonds. The zero-order chi connectivity index (χ0) is 37.1. The van der Waals surface area contributed by atoms with Crippen LogP contribution >= 0.6 is 0 Å². The van der Waals surface area contributed by atoms with E-state index in [4.69, 9.17) is 14.2 Å². The van der Waals surface area contributed by atoms with Crippen LogP contribution in [0.25, 0.3) is 11.1 Å². The van der Waals surface area contributed by atoms with Crippen molar-refractivity contribution in [3.8, 4) is 22.6 Å². The number of hydrogen-bond acceptors (Lipinski definition) is 9. The standard InChI is InChI=1S/C38H48N4O9S/c1-5-24-19-38(24,34(45)41-52(47,48)27-13-14-27)40-32(43)29-18-26-20-42(29)33(44)31(36(2,3)4)39-35(46)50-22-37(15-16-37)21-49-25-10-8-9-23(17-25)28-11-6-7-12-30(28)51-26/h6-12,17,24,26-27,29,31H,5,13-16,18-22H2,1-4H3,(H,39,46)(H,40,43)(H,41,45)/t24-,26?,29+,31-,38?/m1/s1. The van der Waals surface area contributed by atoms with Gasteiger partial charge in [-0.2, -0.15) is 0 Å². The molecule has 2 heterocycles. The minimum Gasteiger partial charge on any atom is -0.493 e. The number of rotatable bonds is 6. The normalized spacial score (nSPS) is 28.5. The van der Waals surface area contributed by atoms with Gasteiger partial charge in [-0.05, 0) is 67.2 Å². The number of nitrogens with one attached hydrogen (secondary N) is 3. The molecule has 13 nitrogen and oxygen atoms in total. The van der Waals surface area contributed by atoms with Gasteiger partial charge in [-0.3, -0.25) is 19.1 Å². The maximum absolute atomic E-state index is 14.6. The van der Waals surface area contributed by atoms with Crippen LogP contribution in [0.3, 0.4) is 0 Å². The van der Waals surface area contributed by atoms with E-state index >= 15 is 0 Å². The Morgan fingerprint density at radius 2 is 1.75 bits per heavy atom. The van der Waals surface area contributed by atoms with E-state index in [1.54, 1.807) is 0 Å². The quantitative estimate of drug-likeness (QED) is 0.398. The van der Waals surface area contributed by atoms with Gasteiger partial charge in [0.2, 0.25) is 21.8 Å². The SMILES string of the molecule is CC[C@@H]1CC1(NC(=O)[C@@H]1CC2CN1C(=O)[C@H](C(C)(C)C)NC(=O)OCC1(CC1)COc1cccc(c1)-c1ccccc1O2)C(=O)NS(=O)(=O)C1CC1. The van der Waals surface area contributed by atoms with Crippen LogP contribution in [0.1, 0.15) is 72.6 Å². The lowest BCUT2D eigenvalue weighted by Gasteiger charge is -2.35. The van der Waals surface area contributed by atoms with Gasteiger partial charge in [-0.15, -0.1) is 0 Å². The van der Waals surface area contributed by atoms with Gasteiger partial charge >= 0.3 is 6.09 Å². The molecule has 0 radical (unpaired) electrons. The second-order valence-corrected chi connectivity index (χ2v) is 18.2. The Labute approximate surface area is 304 Å². The van der Waals surface area contributed by atoms with Crippen molar-refractivity contribution in [1.82, 2.24) is 20.3 Å². The molecule has 3 N–H and O–H groups in total. The summed E-state index contributed by atoms with van der Waals surface area (Å²) in [5.41, 5.74) is -0.866. The van der Waals surface area contributed by atoms with Crippen molar-refractivity contribution in [3.63, 3.8) is 0 Å². The van der Waals surface area contributed by atoms with Gasteiger partial charge in [0.25, 0.3) is 5.91 Å². The molecule has 1 saturated heterocycles. The van der Waals surface area contributed by atoms with E-state index in [0.29, 0.717) is 37.4 Å². The van der Waals surface area contributed by atoms with Crippen molar-refractivity contribution in [2.24, 2.45) is 16.7 Å². The van der Waals surface area contributed by atoms with E-state index in [0.717, 1.165) is 24.0 Å². The predicted octanol–water partition coefficient (Wildman–Crippen LogP) is 3.91. The number of cyclic esters (lactones) is 1. The average Bonchev–Trinajstić information content (AvgIpc) is 4.01. The number of sulfonamides is 1. The first-order valence-corrected chi connectivity index (χ1v) is 19.8. The molecule has 4 fully saturated rings. The molecule has 280 valence electrons. The van der Waals surface area contributed by atoms with Crippen LogP contribution in [0.4, 0.5) is 4.79 Å². The molecule has 7 rings (SSSR count). The molecule has 2 aliphatic heterocycles. The molecule has 5 atom stereocenters. The molecule has 2 unspecified atom stereocenters. The molecule has 3 saturated carbocycles. The minimum atomic E-state index is -3.85. The van der Waals surface area contributed by atoms with E-state index in [1.807, 2.05) is 76.2 Å². The van der Waals surface area contributed by atoms with Crippen molar-refractivity contribution in [1.29, 1.82) is 0 Å². The van der Waals surface area contributed by atoms with Gasteiger partial charge in [0.1, 0.15) is 41.8 Å². The Morgan fingerprint density at radius 1 is 1.02 bits per heavy atom. The summed E-state index contributed by atoms with van der Waals surface area (Å²) < 4.78 is 46.1. The van der Waals surface area contributed by atoms with Gasteiger partial charge in [-0.1, -0.05) is 64.4 Å². The summed E-state index contributed by atoms with van der Waals surface area (Å²) in [5.74, 6) is -0.900. The Hall–Kier alpha value is -4.33. The van der Waals surface area contributed by atoms with Gasteiger partial charge in [-0.25, -0.2) is 13.2 Å². The molecular weight excluding hydrogens is 689 g/mol. The second-order valence-electron chi connectivity index (χ2n) is 16.3. The molecule has 0 aromatic heterocycles. The minimum absolute atomic E-state index is 0.0211. The molecule has 3 aliphatic carbocycles. The van der Waals surface area contributed by atoms with Crippen molar-refractivity contribution < 1.29 is 41.8 Å². The van der Waals surface area contributed by atoms with Crippen LogP contribution in [0, 0.1) is 16.7 Å². The zero-order valence-corrected chi connectivity index (χ0v) is 30.9. The summed E-state index contributed by atoms with van der Waals surface area (Å²) in [4.78, 5) is 57.1. The van der Waals surface area contributed by atoms with Gasteiger partial charge in [0.05, 0.1) is 18.4 Å². The second kappa shape index (κ2) is 13.3. The van der Waals surface area contributed by atoms with Crippen LogP contribution in [0.5, 0.6) is 11.5 Å². The fourth-order valence-corrected chi connectivity index (χ4v) is 8.71. The lowest BCUT2D eigenvalue weighted by molar-refractivity contribution is -0.143. The number of hydrogen-bond donors (Lipinski definition) is 3. The van der Waals surface area contributed by atoms with Crippen molar-refractivity contribution in [2.75, 3.05) is 19.8 Å². The van der Waals surface area contributed by atoms with Crippen molar-refractivity contribution >= 4 is 33.8 Å². The first-order valence-electron chi connectivity index (χ1n) is 18.2. The number of amides is 4. The van der Waals surface area contributed by atoms with Crippen LogP contribution in [0.2, 0.25) is 0 Å². The molecular formula is C38H48N4O9S. The zero-order valence-electron chi connectivity index (χ0n) is 30.1. The first kappa shape index (κ1) is 36.0. The summed E-state index contributed by atoms with van der Waals surface area (Å²) >= 11 is 0. The van der Waals surface area contributed by atoms with Crippen molar-refractivity contribution in [3.05, 3.63) is 48.5 Å². The molecule has 14 heteroatoms. The van der Waals surface area contributed by atoms with Gasteiger partial charge in [0, 0.05) is 17.4 Å². The highest BCUT2D eigenvalue weighted by molar-refractivity contribution is 7.91. The van der Waals surface area contributed by atoms with E-state index in [-0.39, 0.29) is 37.3 Å². The lowest BCUT2D eigenvalue weighted by atomic mass is 9.85. The van der Waals surface area contributed by atoms with E-state index in [1.165, 1.54) is 4.90 Å². The summed E-state index contributed by atoms with van der Waals surface area (Å²) in [6, 6.07) is 13.0. The number of benzene rings is 2. The monoisotopic (exact) mass is 736 g/mol. The van der Waals surface area contributed by atoms with Crippen LogP contribution in [-0.2, 0) is 29.1 Å². The number of carbonyl (C=O) groups excluding carboxylic acids is 4. The van der Waals surface area contributed by atoms with E-state index < -0.39 is 68.2 Å². The van der Waals surface area contributed by atoms with E-state index in [2.05, 4.69) is 15.4 Å². The highest BCUT2D eigenvalue weighted by Crippen LogP contribution is 2.48. The maximum atomic E-state index is 14.6. The summed E-state index contributed by atoms with van der Waals surface area (Å²) in [7, 11) is -3.85. The highest BCUT2D eigenvalue weighted by atomic mass is 32.2. The van der Waals surface area contributed by atoms with E-state index in [9.17, 15) is 27.6 Å².